The molecule has 0 aliphatic heterocycles. The summed E-state index contributed by atoms with van der Waals surface area (Å²) >= 11 is 6.16. The molecule has 0 saturated carbocycles. The fourth-order valence-corrected chi connectivity index (χ4v) is 2.25. The van der Waals surface area contributed by atoms with Gasteiger partial charge in [-0.15, -0.1) is 0 Å². The summed E-state index contributed by atoms with van der Waals surface area (Å²) in [5, 5.41) is 3.34. The molecule has 22 heavy (non-hydrogen) atoms. The molecule has 2 aromatic rings. The number of carbonyl (C=O) groups is 1. The molecule has 3 nitrogen and oxygen atoms in total. The average molecular weight is 318 g/mol. The van der Waals surface area contributed by atoms with Crippen molar-refractivity contribution < 1.29 is 9.53 Å². The summed E-state index contributed by atoms with van der Waals surface area (Å²) in [6.07, 6.45) is 0.391. The molecular formula is C18H20ClNO2. The van der Waals surface area contributed by atoms with Crippen molar-refractivity contribution in [3.05, 3.63) is 58.6 Å². The number of ether oxygens (including phenoxy) is 1. The Balaban J connectivity index is 1.99. The van der Waals surface area contributed by atoms with Crippen molar-refractivity contribution in [3.63, 3.8) is 0 Å². The second kappa shape index (κ2) is 7.32. The summed E-state index contributed by atoms with van der Waals surface area (Å²) < 4.78 is 5.57. The minimum Gasteiger partial charge on any atom is -0.489 e. The van der Waals surface area contributed by atoms with Crippen LogP contribution >= 0.6 is 11.6 Å². The van der Waals surface area contributed by atoms with Crippen LogP contribution < -0.4 is 10.1 Å². The first-order valence-corrected chi connectivity index (χ1v) is 7.63. The summed E-state index contributed by atoms with van der Waals surface area (Å²) in [6, 6.07) is 13.2. The Labute approximate surface area is 136 Å². The lowest BCUT2D eigenvalue weighted by molar-refractivity contribution is -0.115. The minimum atomic E-state index is -0.0718. The number of rotatable bonds is 5. The Kier molecular flexibility index (Phi) is 5.45. The van der Waals surface area contributed by atoms with Gasteiger partial charge in [0, 0.05) is 5.69 Å². The fraction of sp³-hybridized carbons (Fsp3) is 0.278. The van der Waals surface area contributed by atoms with Gasteiger partial charge >= 0.3 is 0 Å². The van der Waals surface area contributed by atoms with Gasteiger partial charge in [-0.1, -0.05) is 41.4 Å². The van der Waals surface area contributed by atoms with Crippen molar-refractivity contribution in [2.75, 3.05) is 5.32 Å². The van der Waals surface area contributed by atoms with E-state index in [-0.39, 0.29) is 12.0 Å². The van der Waals surface area contributed by atoms with Crippen molar-refractivity contribution in [1.29, 1.82) is 0 Å². The van der Waals surface area contributed by atoms with Crippen LogP contribution in [0.3, 0.4) is 0 Å². The second-order valence-electron chi connectivity index (χ2n) is 5.52. The van der Waals surface area contributed by atoms with E-state index in [4.69, 9.17) is 16.3 Å². The molecule has 0 heterocycles. The maximum atomic E-state index is 12.1. The molecule has 2 rings (SSSR count). The average Bonchev–Trinajstić information content (AvgIpc) is 2.44. The number of halogens is 1. The molecule has 0 bridgehead atoms. The van der Waals surface area contributed by atoms with Gasteiger partial charge < -0.3 is 10.1 Å². The lowest BCUT2D eigenvalue weighted by atomic mass is 10.1. The Morgan fingerprint density at radius 1 is 1.18 bits per heavy atom. The Hall–Kier alpha value is -2.00. The van der Waals surface area contributed by atoms with E-state index < -0.39 is 0 Å². The van der Waals surface area contributed by atoms with E-state index in [0.717, 1.165) is 5.56 Å². The Morgan fingerprint density at radius 2 is 1.86 bits per heavy atom. The maximum absolute atomic E-state index is 12.1. The van der Waals surface area contributed by atoms with Crippen LogP contribution in [0.2, 0.25) is 5.02 Å². The molecule has 0 aliphatic carbocycles. The van der Waals surface area contributed by atoms with Gasteiger partial charge in [-0.3, -0.25) is 4.79 Å². The third-order valence-corrected chi connectivity index (χ3v) is 3.36. The number of aryl methyl sites for hydroxylation is 1. The highest BCUT2D eigenvalue weighted by Gasteiger charge is 2.08. The van der Waals surface area contributed by atoms with Gasteiger partial charge in [-0.25, -0.2) is 0 Å². The highest BCUT2D eigenvalue weighted by atomic mass is 35.5. The van der Waals surface area contributed by atoms with Crippen LogP contribution in [0.1, 0.15) is 25.0 Å². The van der Waals surface area contributed by atoms with Crippen LogP contribution in [-0.4, -0.2) is 12.0 Å². The van der Waals surface area contributed by atoms with Crippen LogP contribution in [0.15, 0.2) is 42.5 Å². The number of benzene rings is 2. The summed E-state index contributed by atoms with van der Waals surface area (Å²) in [7, 11) is 0. The van der Waals surface area contributed by atoms with E-state index in [2.05, 4.69) is 5.32 Å². The summed E-state index contributed by atoms with van der Waals surface area (Å²) in [5.74, 6) is 0.547. The van der Waals surface area contributed by atoms with E-state index in [1.54, 1.807) is 18.2 Å². The highest BCUT2D eigenvalue weighted by molar-refractivity contribution is 6.32. The molecule has 1 N–H and O–H groups in total. The van der Waals surface area contributed by atoms with Crippen molar-refractivity contribution in [3.8, 4) is 5.75 Å². The molecule has 0 aromatic heterocycles. The van der Waals surface area contributed by atoms with Gasteiger partial charge in [0.1, 0.15) is 5.75 Å². The number of anilines is 1. The van der Waals surface area contributed by atoms with Gasteiger partial charge in [0.05, 0.1) is 17.5 Å². The van der Waals surface area contributed by atoms with Crippen LogP contribution in [-0.2, 0) is 11.2 Å². The van der Waals surface area contributed by atoms with Crippen molar-refractivity contribution >= 4 is 23.2 Å². The lowest BCUT2D eigenvalue weighted by Crippen LogP contribution is -2.14. The van der Waals surface area contributed by atoms with Crippen molar-refractivity contribution in [2.45, 2.75) is 33.3 Å². The first-order chi connectivity index (χ1) is 10.4. The van der Waals surface area contributed by atoms with E-state index in [9.17, 15) is 4.79 Å². The van der Waals surface area contributed by atoms with Crippen LogP contribution in [0.4, 0.5) is 5.69 Å². The largest absolute Gasteiger partial charge is 0.489 e. The first-order valence-electron chi connectivity index (χ1n) is 7.25. The van der Waals surface area contributed by atoms with E-state index in [0.29, 0.717) is 22.9 Å². The van der Waals surface area contributed by atoms with E-state index in [1.807, 2.05) is 45.0 Å². The Morgan fingerprint density at radius 3 is 2.45 bits per heavy atom. The summed E-state index contributed by atoms with van der Waals surface area (Å²) in [6.45, 7) is 5.90. The number of hydrogen-bond donors (Lipinski definition) is 1. The van der Waals surface area contributed by atoms with Gasteiger partial charge in [-0.05, 0) is 44.5 Å². The maximum Gasteiger partial charge on any atom is 0.228 e. The molecular weight excluding hydrogens is 298 g/mol. The number of carbonyl (C=O) groups excluding carboxylic acids is 1. The zero-order chi connectivity index (χ0) is 16.1. The molecule has 0 radical (unpaired) electrons. The zero-order valence-electron chi connectivity index (χ0n) is 13.0. The number of nitrogens with one attached hydrogen (secondary N) is 1. The van der Waals surface area contributed by atoms with Crippen LogP contribution in [0.25, 0.3) is 0 Å². The third-order valence-electron chi connectivity index (χ3n) is 3.06. The summed E-state index contributed by atoms with van der Waals surface area (Å²) in [4.78, 5) is 12.1. The highest BCUT2D eigenvalue weighted by Crippen LogP contribution is 2.28. The smallest absolute Gasteiger partial charge is 0.228 e. The van der Waals surface area contributed by atoms with Crippen LogP contribution in [0, 0.1) is 6.92 Å². The lowest BCUT2D eigenvalue weighted by Gasteiger charge is -2.12. The van der Waals surface area contributed by atoms with Gasteiger partial charge in [0.15, 0.2) is 0 Å². The zero-order valence-corrected chi connectivity index (χ0v) is 13.8. The fourth-order valence-electron chi connectivity index (χ4n) is 2.02. The Bertz CT molecular complexity index is 651. The standard InChI is InChI=1S/C18H20ClNO2/c1-12(2)22-17-9-8-15(11-16(17)19)20-18(21)10-14-6-4-13(3)5-7-14/h4-9,11-12H,10H2,1-3H3,(H,20,21). The molecule has 116 valence electrons. The molecule has 0 aliphatic rings. The van der Waals surface area contributed by atoms with Crippen LogP contribution in [0.5, 0.6) is 5.75 Å². The first kappa shape index (κ1) is 16.4. The molecule has 4 heteroatoms. The monoisotopic (exact) mass is 317 g/mol. The van der Waals surface area contributed by atoms with E-state index >= 15 is 0 Å². The molecule has 0 unspecified atom stereocenters. The number of amides is 1. The third kappa shape index (κ3) is 4.78. The van der Waals surface area contributed by atoms with Gasteiger partial charge in [0.2, 0.25) is 5.91 Å². The molecule has 2 aromatic carbocycles. The normalized spacial score (nSPS) is 10.6. The van der Waals surface area contributed by atoms with Gasteiger partial charge in [0.25, 0.3) is 0 Å². The molecule has 0 atom stereocenters. The molecule has 1 amide bonds. The summed E-state index contributed by atoms with van der Waals surface area (Å²) in [5.41, 5.74) is 2.82. The SMILES string of the molecule is Cc1ccc(CC(=O)Nc2ccc(OC(C)C)c(Cl)c2)cc1. The van der Waals surface area contributed by atoms with Crippen molar-refractivity contribution in [2.24, 2.45) is 0 Å². The minimum absolute atomic E-state index is 0.0551. The molecule has 0 spiro atoms. The topological polar surface area (TPSA) is 38.3 Å². The second-order valence-corrected chi connectivity index (χ2v) is 5.93. The molecule has 0 fully saturated rings. The van der Waals surface area contributed by atoms with Crippen molar-refractivity contribution in [1.82, 2.24) is 0 Å². The quantitative estimate of drug-likeness (QED) is 0.874. The number of hydrogen-bond acceptors (Lipinski definition) is 2. The predicted octanol–water partition coefficient (Wildman–Crippen LogP) is 4.62. The van der Waals surface area contributed by atoms with E-state index in [1.165, 1.54) is 5.56 Å². The predicted molar refractivity (Wildman–Crippen MR) is 90.7 cm³/mol. The molecule has 0 saturated heterocycles. The van der Waals surface area contributed by atoms with Gasteiger partial charge in [-0.2, -0.15) is 0 Å².